The topological polar surface area (TPSA) is 64.3 Å². The Labute approximate surface area is 120 Å². The van der Waals surface area contributed by atoms with Crippen molar-refractivity contribution in [1.82, 2.24) is 0 Å². The van der Waals surface area contributed by atoms with Crippen molar-refractivity contribution >= 4 is 28.6 Å². The number of amides is 1. The predicted octanol–water partition coefficient (Wildman–Crippen LogP) is 2.76. The molecule has 2 aliphatic heterocycles. The Bertz CT molecular complexity index is 827. The number of nitrogens with one attached hydrogen (secondary N) is 1. The van der Waals surface area contributed by atoms with Gasteiger partial charge in [0.25, 0.3) is 5.91 Å². The summed E-state index contributed by atoms with van der Waals surface area (Å²) in [5.74, 6) is -0.194. The molecule has 0 aliphatic carbocycles. The van der Waals surface area contributed by atoms with Crippen LogP contribution in [0.25, 0.3) is 11.3 Å². The van der Waals surface area contributed by atoms with Crippen LogP contribution in [-0.2, 0) is 16.1 Å². The van der Waals surface area contributed by atoms with Crippen molar-refractivity contribution < 1.29 is 13.9 Å². The van der Waals surface area contributed by atoms with Crippen LogP contribution in [0.15, 0.2) is 36.4 Å². The second kappa shape index (κ2) is 4.09. The van der Waals surface area contributed by atoms with Gasteiger partial charge in [-0.15, -0.1) is 0 Å². The molecule has 4 nitrogen and oxygen atoms in total. The zero-order valence-electron chi connectivity index (χ0n) is 10.9. The molecule has 104 valence electrons. The minimum Gasteiger partial charge on any atom is -0.487 e. The molecule has 1 amide bonds. The van der Waals surface area contributed by atoms with E-state index in [0.29, 0.717) is 34.9 Å². The molecule has 0 atom stereocenters. The van der Waals surface area contributed by atoms with Gasteiger partial charge in [-0.25, -0.2) is 4.39 Å². The summed E-state index contributed by atoms with van der Waals surface area (Å²) in [6.45, 7) is 0.358. The normalized spacial score (nSPS) is 19.0. The standard InChI is InChI=1S/C16H11FN2O2/c17-9-1-4-13-12(6-9)14(16(20)19-13)15-11-3-2-10(18)5-8(11)7-21-15/h1-6H,7,18H2,(H,19,20)/b15-14+. The van der Waals surface area contributed by atoms with Crippen LogP contribution in [-0.4, -0.2) is 5.91 Å². The Morgan fingerprint density at radius 1 is 1.14 bits per heavy atom. The maximum absolute atomic E-state index is 13.5. The summed E-state index contributed by atoms with van der Waals surface area (Å²) < 4.78 is 19.1. The number of carbonyl (C=O) groups excluding carboxylic acids is 1. The van der Waals surface area contributed by atoms with E-state index in [9.17, 15) is 9.18 Å². The lowest BCUT2D eigenvalue weighted by molar-refractivity contribution is -0.110. The van der Waals surface area contributed by atoms with E-state index in [4.69, 9.17) is 10.5 Å². The van der Waals surface area contributed by atoms with Crippen molar-refractivity contribution in [2.75, 3.05) is 11.1 Å². The number of anilines is 2. The van der Waals surface area contributed by atoms with Gasteiger partial charge < -0.3 is 15.8 Å². The van der Waals surface area contributed by atoms with Gasteiger partial charge in [0.2, 0.25) is 0 Å². The minimum absolute atomic E-state index is 0.282. The highest BCUT2D eigenvalue weighted by Crippen LogP contribution is 2.42. The summed E-state index contributed by atoms with van der Waals surface area (Å²) in [6, 6.07) is 9.61. The average molecular weight is 282 g/mol. The van der Waals surface area contributed by atoms with E-state index in [1.165, 1.54) is 12.1 Å². The van der Waals surface area contributed by atoms with E-state index in [1.54, 1.807) is 12.1 Å². The number of fused-ring (bicyclic) bond motifs is 2. The van der Waals surface area contributed by atoms with E-state index < -0.39 is 0 Å². The molecular weight excluding hydrogens is 271 g/mol. The second-order valence-corrected chi connectivity index (χ2v) is 5.05. The number of ether oxygens (including phenoxy) is 1. The molecule has 5 heteroatoms. The number of benzene rings is 2. The van der Waals surface area contributed by atoms with Gasteiger partial charge >= 0.3 is 0 Å². The summed E-state index contributed by atoms with van der Waals surface area (Å²) in [5.41, 5.74) is 9.64. The third-order valence-electron chi connectivity index (χ3n) is 3.70. The Morgan fingerprint density at radius 2 is 2.00 bits per heavy atom. The Hall–Kier alpha value is -2.82. The number of hydrogen-bond donors (Lipinski definition) is 2. The molecule has 0 radical (unpaired) electrons. The molecule has 0 unspecified atom stereocenters. The number of nitrogen functional groups attached to an aromatic ring is 1. The van der Waals surface area contributed by atoms with Gasteiger partial charge in [0, 0.05) is 28.1 Å². The molecule has 0 saturated heterocycles. The largest absolute Gasteiger partial charge is 0.487 e. The third-order valence-corrected chi connectivity index (χ3v) is 3.70. The van der Waals surface area contributed by atoms with Gasteiger partial charge in [0.1, 0.15) is 18.2 Å². The molecule has 2 heterocycles. The summed E-state index contributed by atoms with van der Waals surface area (Å²) in [6.07, 6.45) is 0. The van der Waals surface area contributed by atoms with E-state index in [2.05, 4.69) is 5.32 Å². The Kier molecular flexibility index (Phi) is 2.33. The fourth-order valence-corrected chi connectivity index (χ4v) is 2.75. The number of nitrogens with two attached hydrogens (primary N) is 1. The van der Waals surface area contributed by atoms with Crippen molar-refractivity contribution in [2.24, 2.45) is 0 Å². The summed E-state index contributed by atoms with van der Waals surface area (Å²) in [7, 11) is 0. The predicted molar refractivity (Wildman–Crippen MR) is 77.5 cm³/mol. The molecule has 4 rings (SSSR count). The first kappa shape index (κ1) is 12.0. The second-order valence-electron chi connectivity index (χ2n) is 5.05. The van der Waals surface area contributed by atoms with E-state index >= 15 is 0 Å². The van der Waals surface area contributed by atoms with Crippen molar-refractivity contribution in [3.05, 3.63) is 58.9 Å². The number of hydrogen-bond acceptors (Lipinski definition) is 3. The van der Waals surface area contributed by atoms with E-state index in [0.717, 1.165) is 11.1 Å². The molecule has 0 saturated carbocycles. The Morgan fingerprint density at radius 3 is 2.86 bits per heavy atom. The smallest absolute Gasteiger partial charge is 0.260 e. The van der Waals surface area contributed by atoms with Crippen molar-refractivity contribution in [3.8, 4) is 0 Å². The van der Waals surface area contributed by atoms with Crippen molar-refractivity contribution in [1.29, 1.82) is 0 Å². The first-order chi connectivity index (χ1) is 10.1. The number of rotatable bonds is 0. The maximum atomic E-state index is 13.5. The SMILES string of the molecule is Nc1ccc2c(c1)CO/C2=C1/C(=O)Nc2ccc(F)cc21. The van der Waals surface area contributed by atoms with Crippen LogP contribution in [0.3, 0.4) is 0 Å². The van der Waals surface area contributed by atoms with Crippen LogP contribution >= 0.6 is 0 Å². The zero-order chi connectivity index (χ0) is 14.6. The van der Waals surface area contributed by atoms with Crippen LogP contribution in [0.1, 0.15) is 16.7 Å². The van der Waals surface area contributed by atoms with Crippen LogP contribution in [0.4, 0.5) is 15.8 Å². The molecule has 2 aliphatic rings. The lowest BCUT2D eigenvalue weighted by Gasteiger charge is -2.05. The molecule has 0 spiro atoms. The van der Waals surface area contributed by atoms with Crippen molar-refractivity contribution in [3.63, 3.8) is 0 Å². The van der Waals surface area contributed by atoms with Gasteiger partial charge in [0.15, 0.2) is 0 Å². The fraction of sp³-hybridized carbons (Fsp3) is 0.0625. The highest BCUT2D eigenvalue weighted by molar-refractivity contribution is 6.36. The molecule has 21 heavy (non-hydrogen) atoms. The zero-order valence-corrected chi connectivity index (χ0v) is 10.9. The van der Waals surface area contributed by atoms with Gasteiger partial charge in [-0.3, -0.25) is 4.79 Å². The van der Waals surface area contributed by atoms with E-state index in [1.807, 2.05) is 12.1 Å². The highest BCUT2D eigenvalue weighted by atomic mass is 19.1. The van der Waals surface area contributed by atoms with Crippen molar-refractivity contribution in [2.45, 2.75) is 6.61 Å². The monoisotopic (exact) mass is 282 g/mol. The lowest BCUT2D eigenvalue weighted by Crippen LogP contribution is -2.05. The van der Waals surface area contributed by atoms with Gasteiger partial charge in [-0.1, -0.05) is 0 Å². The molecular formula is C16H11FN2O2. The summed E-state index contributed by atoms with van der Waals surface area (Å²) in [4.78, 5) is 12.2. The summed E-state index contributed by atoms with van der Waals surface area (Å²) >= 11 is 0. The third kappa shape index (κ3) is 1.71. The number of halogens is 1. The number of carbonyl (C=O) groups is 1. The average Bonchev–Trinajstić information content (AvgIpc) is 2.98. The molecule has 0 fully saturated rings. The fourth-order valence-electron chi connectivity index (χ4n) is 2.75. The van der Waals surface area contributed by atoms with Crippen LogP contribution in [0.5, 0.6) is 0 Å². The quantitative estimate of drug-likeness (QED) is 0.577. The van der Waals surface area contributed by atoms with E-state index in [-0.39, 0.29) is 11.7 Å². The molecule has 2 aromatic carbocycles. The molecule has 0 aromatic heterocycles. The van der Waals surface area contributed by atoms with Gasteiger partial charge in [-0.05, 0) is 36.4 Å². The van der Waals surface area contributed by atoms with Gasteiger partial charge in [0.05, 0.1) is 5.57 Å². The highest BCUT2D eigenvalue weighted by Gasteiger charge is 2.32. The summed E-state index contributed by atoms with van der Waals surface area (Å²) in [5, 5.41) is 2.73. The maximum Gasteiger partial charge on any atom is 0.260 e. The van der Waals surface area contributed by atoms with Crippen LogP contribution in [0, 0.1) is 5.82 Å². The molecule has 0 bridgehead atoms. The first-order valence-corrected chi connectivity index (χ1v) is 6.50. The van der Waals surface area contributed by atoms with Gasteiger partial charge in [-0.2, -0.15) is 0 Å². The molecule has 3 N–H and O–H groups in total. The Balaban J connectivity index is 1.96. The minimum atomic E-state index is -0.390. The van der Waals surface area contributed by atoms with Crippen LogP contribution < -0.4 is 11.1 Å². The first-order valence-electron chi connectivity index (χ1n) is 6.50. The van der Waals surface area contributed by atoms with Crippen LogP contribution in [0.2, 0.25) is 0 Å². The molecule has 2 aromatic rings. The lowest BCUT2D eigenvalue weighted by atomic mass is 10.0.